The van der Waals surface area contributed by atoms with E-state index in [0.29, 0.717) is 11.3 Å². The normalized spacial score (nSPS) is 16.1. The molecule has 94 valence electrons. The summed E-state index contributed by atoms with van der Waals surface area (Å²) in [6.45, 7) is 0.261. The molecule has 0 aromatic heterocycles. The van der Waals surface area contributed by atoms with Crippen molar-refractivity contribution in [1.82, 2.24) is 5.32 Å². The highest BCUT2D eigenvalue weighted by atomic mass is 16.4. The molecule has 1 saturated heterocycles. The quantitative estimate of drug-likeness (QED) is 0.406. The molecule has 0 spiro atoms. The van der Waals surface area contributed by atoms with Crippen LogP contribution in [0.1, 0.15) is 12.0 Å². The molecule has 1 aromatic carbocycles. The first kappa shape index (κ1) is 11.9. The molecule has 0 unspecified atom stereocenters. The van der Waals surface area contributed by atoms with E-state index in [-0.39, 0.29) is 24.6 Å². The minimum atomic E-state index is -0.519. The van der Waals surface area contributed by atoms with Gasteiger partial charge in [-0.1, -0.05) is 5.16 Å². The Morgan fingerprint density at radius 1 is 1.39 bits per heavy atom. The maximum Gasteiger partial charge on any atom is 0.328 e. The monoisotopic (exact) mass is 249 g/mol. The molecule has 2 rings (SSSR count). The number of phenolic OH excluding ortho intramolecular Hbond substituents is 1. The zero-order valence-corrected chi connectivity index (χ0v) is 9.33. The molecule has 3 amide bonds. The second kappa shape index (κ2) is 4.74. The van der Waals surface area contributed by atoms with Gasteiger partial charge in [-0.2, -0.15) is 0 Å². The molecule has 1 fully saturated rings. The maximum absolute atomic E-state index is 11.6. The number of benzene rings is 1. The van der Waals surface area contributed by atoms with Crippen LogP contribution in [0.5, 0.6) is 5.75 Å². The molecule has 1 aromatic rings. The smallest absolute Gasteiger partial charge is 0.328 e. The van der Waals surface area contributed by atoms with Crippen LogP contribution < -0.4 is 10.2 Å². The summed E-state index contributed by atoms with van der Waals surface area (Å²) in [4.78, 5) is 23.9. The lowest BCUT2D eigenvalue weighted by molar-refractivity contribution is -0.120. The number of carbonyl (C=O) groups excluding carboxylic acids is 2. The van der Waals surface area contributed by atoms with Crippen LogP contribution in [0.15, 0.2) is 23.4 Å². The van der Waals surface area contributed by atoms with E-state index in [1.54, 1.807) is 6.07 Å². The highest BCUT2D eigenvalue weighted by molar-refractivity contribution is 6.05. The van der Waals surface area contributed by atoms with Gasteiger partial charge in [0.15, 0.2) is 0 Å². The van der Waals surface area contributed by atoms with Crippen LogP contribution in [-0.4, -0.2) is 35.0 Å². The van der Waals surface area contributed by atoms with E-state index in [2.05, 4.69) is 10.5 Å². The minimum absolute atomic E-state index is 0.116. The number of hydrogen-bond acceptors (Lipinski definition) is 5. The van der Waals surface area contributed by atoms with Crippen LogP contribution in [0.3, 0.4) is 0 Å². The van der Waals surface area contributed by atoms with Gasteiger partial charge in [0.25, 0.3) is 0 Å². The first-order valence-corrected chi connectivity index (χ1v) is 5.23. The van der Waals surface area contributed by atoms with Gasteiger partial charge in [-0.3, -0.25) is 15.0 Å². The van der Waals surface area contributed by atoms with Gasteiger partial charge < -0.3 is 10.3 Å². The number of carbonyl (C=O) groups is 2. The van der Waals surface area contributed by atoms with E-state index < -0.39 is 6.03 Å². The standard InChI is InChI=1S/C11H11N3O4/c15-9-5-8(2-1-7(9)6-12-18)14-4-3-10(16)13-11(14)17/h1-2,5-6,15,18H,3-4H2,(H,13,16,17)/b12-6+. The number of amides is 3. The van der Waals surface area contributed by atoms with Gasteiger partial charge >= 0.3 is 6.03 Å². The number of hydrogen-bond donors (Lipinski definition) is 3. The van der Waals surface area contributed by atoms with Crippen molar-refractivity contribution in [3.05, 3.63) is 23.8 Å². The Labute approximate surface area is 102 Å². The highest BCUT2D eigenvalue weighted by Gasteiger charge is 2.24. The molecule has 7 heteroatoms. The first-order chi connectivity index (χ1) is 8.61. The third-order valence-electron chi connectivity index (χ3n) is 2.58. The summed E-state index contributed by atoms with van der Waals surface area (Å²) in [5.41, 5.74) is 0.794. The predicted octanol–water partition coefficient (Wildman–Crippen LogP) is 0.647. The van der Waals surface area contributed by atoms with E-state index in [1.807, 2.05) is 0 Å². The second-order valence-electron chi connectivity index (χ2n) is 3.74. The van der Waals surface area contributed by atoms with E-state index >= 15 is 0 Å². The lowest BCUT2D eigenvalue weighted by atomic mass is 10.1. The number of nitrogens with zero attached hydrogens (tertiary/aromatic N) is 2. The molecule has 1 heterocycles. The average molecular weight is 249 g/mol. The zero-order valence-electron chi connectivity index (χ0n) is 9.33. The average Bonchev–Trinajstić information content (AvgIpc) is 2.32. The molecule has 18 heavy (non-hydrogen) atoms. The van der Waals surface area contributed by atoms with Crippen molar-refractivity contribution in [1.29, 1.82) is 0 Å². The van der Waals surface area contributed by atoms with Gasteiger partial charge in [-0.05, 0) is 12.1 Å². The van der Waals surface area contributed by atoms with E-state index in [4.69, 9.17) is 5.21 Å². The van der Waals surface area contributed by atoms with Gasteiger partial charge in [0.05, 0.1) is 6.21 Å². The van der Waals surface area contributed by atoms with Gasteiger partial charge in [0, 0.05) is 30.3 Å². The third kappa shape index (κ3) is 2.24. The van der Waals surface area contributed by atoms with Crippen LogP contribution in [0.25, 0.3) is 0 Å². The summed E-state index contributed by atoms with van der Waals surface area (Å²) in [6, 6.07) is 3.95. The van der Waals surface area contributed by atoms with Crippen LogP contribution >= 0.6 is 0 Å². The SMILES string of the molecule is O=C1CCN(c2ccc(/C=N/O)c(O)c2)C(=O)N1. The van der Waals surface area contributed by atoms with Gasteiger partial charge in [-0.25, -0.2) is 4.79 Å². The Bertz CT molecular complexity index is 527. The molecular formula is C11H11N3O4. The van der Waals surface area contributed by atoms with E-state index in [0.717, 1.165) is 6.21 Å². The minimum Gasteiger partial charge on any atom is -0.507 e. The Hall–Kier alpha value is -2.57. The molecule has 1 aliphatic rings. The Balaban J connectivity index is 2.26. The molecule has 3 N–H and O–H groups in total. The number of oxime groups is 1. The van der Waals surface area contributed by atoms with Crippen molar-refractivity contribution in [2.75, 3.05) is 11.4 Å². The largest absolute Gasteiger partial charge is 0.507 e. The molecule has 7 nitrogen and oxygen atoms in total. The van der Waals surface area contributed by atoms with Crippen molar-refractivity contribution >= 4 is 23.8 Å². The summed E-state index contributed by atoms with van der Waals surface area (Å²) in [5.74, 6) is -0.431. The molecule has 1 aliphatic heterocycles. The molecule has 0 radical (unpaired) electrons. The lowest BCUT2D eigenvalue weighted by Gasteiger charge is -2.26. The number of phenols is 1. The number of anilines is 1. The number of urea groups is 1. The maximum atomic E-state index is 11.6. The molecule has 0 saturated carbocycles. The molecule has 0 bridgehead atoms. The zero-order chi connectivity index (χ0) is 13.1. The second-order valence-corrected chi connectivity index (χ2v) is 3.74. The summed E-state index contributed by atoms with van der Waals surface area (Å²) in [5, 5.41) is 23.0. The summed E-state index contributed by atoms with van der Waals surface area (Å²) < 4.78 is 0. The van der Waals surface area contributed by atoms with Crippen molar-refractivity contribution in [2.45, 2.75) is 6.42 Å². The fourth-order valence-electron chi connectivity index (χ4n) is 1.68. The fourth-order valence-corrected chi connectivity index (χ4v) is 1.68. The fraction of sp³-hybridized carbons (Fsp3) is 0.182. The van der Waals surface area contributed by atoms with Crippen LogP contribution in [0.2, 0.25) is 0 Å². The lowest BCUT2D eigenvalue weighted by Crippen LogP contribution is -2.49. The number of imide groups is 1. The van der Waals surface area contributed by atoms with Crippen molar-refractivity contribution in [3.8, 4) is 5.75 Å². The van der Waals surface area contributed by atoms with E-state index in [1.165, 1.54) is 17.0 Å². The topological polar surface area (TPSA) is 102 Å². The Morgan fingerprint density at radius 2 is 2.17 bits per heavy atom. The number of nitrogens with one attached hydrogen (secondary N) is 1. The highest BCUT2D eigenvalue weighted by Crippen LogP contribution is 2.24. The van der Waals surface area contributed by atoms with Crippen LogP contribution in [-0.2, 0) is 4.79 Å². The number of rotatable bonds is 2. The van der Waals surface area contributed by atoms with Crippen LogP contribution in [0, 0.1) is 0 Å². The Morgan fingerprint density at radius 3 is 2.78 bits per heavy atom. The summed E-state index contributed by atoms with van der Waals surface area (Å²) in [7, 11) is 0. The van der Waals surface area contributed by atoms with Crippen LogP contribution in [0.4, 0.5) is 10.5 Å². The molecular weight excluding hydrogens is 238 g/mol. The summed E-state index contributed by atoms with van der Waals surface area (Å²) in [6.07, 6.45) is 1.30. The van der Waals surface area contributed by atoms with E-state index in [9.17, 15) is 14.7 Å². The molecule has 0 atom stereocenters. The summed E-state index contributed by atoms with van der Waals surface area (Å²) >= 11 is 0. The van der Waals surface area contributed by atoms with Gasteiger partial charge in [0.1, 0.15) is 5.75 Å². The first-order valence-electron chi connectivity index (χ1n) is 5.23. The van der Waals surface area contributed by atoms with Crippen molar-refractivity contribution < 1.29 is 19.9 Å². The number of aromatic hydroxyl groups is 1. The van der Waals surface area contributed by atoms with Gasteiger partial charge in [0.2, 0.25) is 5.91 Å². The predicted molar refractivity (Wildman–Crippen MR) is 63.0 cm³/mol. The van der Waals surface area contributed by atoms with Crippen molar-refractivity contribution in [3.63, 3.8) is 0 Å². The van der Waals surface area contributed by atoms with Gasteiger partial charge in [-0.15, -0.1) is 0 Å². The molecule has 0 aliphatic carbocycles. The Kier molecular flexibility index (Phi) is 3.13. The third-order valence-corrected chi connectivity index (χ3v) is 2.58. The van der Waals surface area contributed by atoms with Crippen molar-refractivity contribution in [2.24, 2.45) is 5.16 Å².